The number of thioether (sulfide) groups is 1. The van der Waals surface area contributed by atoms with E-state index in [0.717, 1.165) is 29.4 Å². The van der Waals surface area contributed by atoms with Crippen molar-refractivity contribution in [2.75, 3.05) is 42.1 Å². The molecule has 0 aliphatic carbocycles. The van der Waals surface area contributed by atoms with E-state index in [1.165, 1.54) is 16.8 Å². The van der Waals surface area contributed by atoms with E-state index in [0.29, 0.717) is 25.1 Å². The number of hydrogen-bond acceptors (Lipinski definition) is 4. The van der Waals surface area contributed by atoms with E-state index < -0.39 is 0 Å². The van der Waals surface area contributed by atoms with Gasteiger partial charge in [-0.1, -0.05) is 12.1 Å². The molecule has 2 aliphatic rings. The number of nitrogens with one attached hydrogen (secondary N) is 1. The van der Waals surface area contributed by atoms with Crippen LogP contribution in [0.4, 0.5) is 11.4 Å². The Morgan fingerprint density at radius 1 is 1.07 bits per heavy atom. The molecule has 1 fully saturated rings. The Morgan fingerprint density at radius 2 is 1.86 bits per heavy atom. The van der Waals surface area contributed by atoms with E-state index in [1.807, 2.05) is 23.1 Å². The Bertz CT molecular complexity index is 920. The van der Waals surface area contributed by atoms with Crippen molar-refractivity contribution in [1.82, 2.24) is 4.90 Å². The maximum Gasteiger partial charge on any atom is 0.254 e. The van der Waals surface area contributed by atoms with Gasteiger partial charge in [0.15, 0.2) is 0 Å². The van der Waals surface area contributed by atoms with Crippen molar-refractivity contribution in [3.63, 3.8) is 0 Å². The molecule has 1 N–H and O–H groups in total. The Morgan fingerprint density at radius 3 is 2.64 bits per heavy atom. The summed E-state index contributed by atoms with van der Waals surface area (Å²) in [7, 11) is 0. The lowest BCUT2D eigenvalue weighted by atomic mass is 10.1. The number of carbonyl (C=O) groups is 2. The Labute approximate surface area is 170 Å². The van der Waals surface area contributed by atoms with Crippen LogP contribution >= 0.6 is 11.8 Å². The number of rotatable bonds is 2. The molecule has 5 nitrogen and oxygen atoms in total. The van der Waals surface area contributed by atoms with Crippen LogP contribution in [0, 0.1) is 13.8 Å². The van der Waals surface area contributed by atoms with Crippen LogP contribution in [0.2, 0.25) is 0 Å². The van der Waals surface area contributed by atoms with Crippen molar-refractivity contribution in [3.8, 4) is 0 Å². The second-order valence-electron chi connectivity index (χ2n) is 7.36. The van der Waals surface area contributed by atoms with Crippen molar-refractivity contribution >= 4 is 35.0 Å². The smallest absolute Gasteiger partial charge is 0.254 e. The van der Waals surface area contributed by atoms with Crippen LogP contribution < -0.4 is 10.2 Å². The minimum atomic E-state index is 0.0120. The maximum absolute atomic E-state index is 13.0. The summed E-state index contributed by atoms with van der Waals surface area (Å²) in [5, 5.41) is 2.92. The number of piperazine rings is 1. The summed E-state index contributed by atoms with van der Waals surface area (Å²) in [5.74, 6) is 0.817. The van der Waals surface area contributed by atoms with Crippen molar-refractivity contribution in [2.45, 2.75) is 25.2 Å². The first-order valence-electron chi connectivity index (χ1n) is 9.70. The van der Waals surface area contributed by atoms with Gasteiger partial charge in [0.05, 0.1) is 5.69 Å². The fourth-order valence-electron chi connectivity index (χ4n) is 3.76. The molecule has 0 bridgehead atoms. The molecule has 0 atom stereocenters. The molecule has 2 aromatic rings. The third kappa shape index (κ3) is 3.74. The van der Waals surface area contributed by atoms with Gasteiger partial charge in [-0.25, -0.2) is 0 Å². The summed E-state index contributed by atoms with van der Waals surface area (Å²) in [4.78, 5) is 30.1. The first kappa shape index (κ1) is 18.9. The molecule has 1 saturated heterocycles. The highest BCUT2D eigenvalue weighted by Gasteiger charge is 2.24. The number of nitrogens with zero attached hydrogens (tertiary/aromatic N) is 2. The van der Waals surface area contributed by atoms with Gasteiger partial charge in [0.1, 0.15) is 0 Å². The summed E-state index contributed by atoms with van der Waals surface area (Å²) in [6, 6.07) is 12.0. The van der Waals surface area contributed by atoms with E-state index in [1.54, 1.807) is 11.8 Å². The maximum atomic E-state index is 13.0. The zero-order chi connectivity index (χ0) is 19.7. The zero-order valence-corrected chi connectivity index (χ0v) is 17.1. The Hall–Kier alpha value is -2.47. The fraction of sp³-hybridized carbons (Fsp3) is 0.364. The standard InChI is InChI=1S/C22H25N3O2S/c1-15-4-3-5-19(16(15)2)24-9-11-25(12-10-24)22(27)17-6-7-20-18(14-17)23-21(26)8-13-28-20/h3-7,14H,8-13H2,1-2H3,(H,23,26). The third-order valence-corrected chi connectivity index (χ3v) is 6.65. The molecule has 2 aliphatic heterocycles. The monoisotopic (exact) mass is 395 g/mol. The van der Waals surface area contributed by atoms with E-state index in [9.17, 15) is 9.59 Å². The molecule has 2 aromatic carbocycles. The van der Waals surface area contributed by atoms with Gasteiger partial charge in [-0.05, 0) is 49.2 Å². The second kappa shape index (κ2) is 7.87. The van der Waals surface area contributed by atoms with Crippen molar-refractivity contribution in [3.05, 3.63) is 53.1 Å². The molecule has 146 valence electrons. The van der Waals surface area contributed by atoms with Gasteiger partial charge in [-0.15, -0.1) is 11.8 Å². The number of aryl methyl sites for hydroxylation is 1. The van der Waals surface area contributed by atoms with Crippen molar-refractivity contribution in [2.24, 2.45) is 0 Å². The summed E-state index contributed by atoms with van der Waals surface area (Å²) < 4.78 is 0. The van der Waals surface area contributed by atoms with Crippen LogP contribution in [0.1, 0.15) is 27.9 Å². The molecule has 28 heavy (non-hydrogen) atoms. The van der Waals surface area contributed by atoms with Crippen LogP contribution in [0.25, 0.3) is 0 Å². The van der Waals surface area contributed by atoms with Gasteiger partial charge in [0.2, 0.25) is 5.91 Å². The predicted molar refractivity (Wildman–Crippen MR) is 114 cm³/mol. The van der Waals surface area contributed by atoms with Gasteiger partial charge in [-0.2, -0.15) is 0 Å². The normalized spacial score (nSPS) is 17.0. The van der Waals surface area contributed by atoms with E-state index in [4.69, 9.17) is 0 Å². The Balaban J connectivity index is 1.46. The summed E-state index contributed by atoms with van der Waals surface area (Å²) in [5.41, 5.74) is 5.26. The SMILES string of the molecule is Cc1cccc(N2CCN(C(=O)c3ccc4c(c3)NC(=O)CCS4)CC2)c1C. The van der Waals surface area contributed by atoms with Crippen LogP contribution in [0.3, 0.4) is 0 Å². The molecule has 6 heteroatoms. The van der Waals surface area contributed by atoms with Gasteiger partial charge in [-0.3, -0.25) is 9.59 Å². The van der Waals surface area contributed by atoms with E-state index in [2.05, 4.69) is 42.3 Å². The summed E-state index contributed by atoms with van der Waals surface area (Å²) in [6.07, 6.45) is 0.503. The first-order valence-corrected chi connectivity index (χ1v) is 10.7. The number of amides is 2. The molecule has 0 saturated carbocycles. The molecule has 0 radical (unpaired) electrons. The Kier molecular flexibility index (Phi) is 5.31. The van der Waals surface area contributed by atoms with Crippen LogP contribution in [0.15, 0.2) is 41.3 Å². The highest BCUT2D eigenvalue weighted by atomic mass is 32.2. The molecule has 4 rings (SSSR count). The number of hydrogen-bond donors (Lipinski definition) is 1. The lowest BCUT2D eigenvalue weighted by Crippen LogP contribution is -2.49. The van der Waals surface area contributed by atoms with Crippen LogP contribution in [-0.2, 0) is 4.79 Å². The quantitative estimate of drug-likeness (QED) is 0.842. The largest absolute Gasteiger partial charge is 0.368 e. The number of fused-ring (bicyclic) bond motifs is 1. The third-order valence-electron chi connectivity index (χ3n) is 5.57. The molecular weight excluding hydrogens is 370 g/mol. The summed E-state index contributed by atoms with van der Waals surface area (Å²) in [6.45, 7) is 7.34. The van der Waals surface area contributed by atoms with Gasteiger partial charge in [0.25, 0.3) is 5.91 Å². The lowest BCUT2D eigenvalue weighted by molar-refractivity contribution is -0.115. The van der Waals surface area contributed by atoms with Gasteiger partial charge >= 0.3 is 0 Å². The van der Waals surface area contributed by atoms with Crippen LogP contribution in [0.5, 0.6) is 0 Å². The highest BCUT2D eigenvalue weighted by molar-refractivity contribution is 7.99. The summed E-state index contributed by atoms with van der Waals surface area (Å²) >= 11 is 1.65. The molecule has 2 amide bonds. The molecule has 0 unspecified atom stereocenters. The number of benzene rings is 2. The number of anilines is 2. The highest BCUT2D eigenvalue weighted by Crippen LogP contribution is 2.32. The minimum Gasteiger partial charge on any atom is -0.368 e. The molecule has 2 heterocycles. The van der Waals surface area contributed by atoms with E-state index in [-0.39, 0.29) is 11.8 Å². The van der Waals surface area contributed by atoms with Crippen LogP contribution in [-0.4, -0.2) is 48.6 Å². The number of carbonyl (C=O) groups excluding carboxylic acids is 2. The van der Waals surface area contributed by atoms with Gasteiger partial charge in [0, 0.05) is 54.5 Å². The molecular formula is C22H25N3O2S. The molecule has 0 spiro atoms. The average Bonchev–Trinajstić information content (AvgIpc) is 2.89. The molecule has 0 aromatic heterocycles. The minimum absolute atomic E-state index is 0.0120. The first-order chi connectivity index (χ1) is 13.5. The topological polar surface area (TPSA) is 52.6 Å². The van der Waals surface area contributed by atoms with Crippen molar-refractivity contribution < 1.29 is 9.59 Å². The van der Waals surface area contributed by atoms with Gasteiger partial charge < -0.3 is 15.1 Å². The zero-order valence-electron chi connectivity index (χ0n) is 16.3. The average molecular weight is 396 g/mol. The van der Waals surface area contributed by atoms with Crippen molar-refractivity contribution in [1.29, 1.82) is 0 Å². The lowest BCUT2D eigenvalue weighted by Gasteiger charge is -2.37. The second-order valence-corrected chi connectivity index (χ2v) is 8.49. The fourth-order valence-corrected chi connectivity index (χ4v) is 4.70. The predicted octanol–water partition coefficient (Wildman–Crippen LogP) is 3.70. The van der Waals surface area contributed by atoms with E-state index >= 15 is 0 Å².